The molecule has 0 saturated carbocycles. The number of nitrogens with two attached hydrogens (primary N) is 1. The molecule has 2 nitrogen and oxygen atoms in total. The highest BCUT2D eigenvalue weighted by Crippen LogP contribution is 2.26. The number of aliphatic hydroxyl groups excluding tert-OH is 1. The van der Waals surface area contributed by atoms with E-state index in [1.165, 1.54) is 6.07 Å². The number of rotatable bonds is 3. The van der Waals surface area contributed by atoms with Crippen LogP contribution >= 0.6 is 28.3 Å². The van der Waals surface area contributed by atoms with E-state index in [9.17, 15) is 8.78 Å². The van der Waals surface area contributed by atoms with Crippen molar-refractivity contribution < 1.29 is 13.9 Å². The van der Waals surface area contributed by atoms with Crippen molar-refractivity contribution in [1.29, 1.82) is 0 Å². The van der Waals surface area contributed by atoms with Gasteiger partial charge < -0.3 is 10.8 Å². The Hall–Kier alpha value is -0.230. The molecule has 0 aliphatic rings. The highest BCUT2D eigenvalue weighted by molar-refractivity contribution is 9.10. The van der Waals surface area contributed by atoms with E-state index < -0.39 is 17.7 Å². The van der Waals surface area contributed by atoms with Gasteiger partial charge in [-0.25, -0.2) is 8.78 Å². The van der Waals surface area contributed by atoms with E-state index in [2.05, 4.69) is 15.9 Å². The Kier molecular flexibility index (Phi) is 6.28. The third-order valence-electron chi connectivity index (χ3n) is 1.89. The highest BCUT2D eigenvalue weighted by atomic mass is 79.9. The molecule has 6 heteroatoms. The molecular formula is C9H11BrClF2NO. The van der Waals surface area contributed by atoms with E-state index in [0.29, 0.717) is 0 Å². The summed E-state index contributed by atoms with van der Waals surface area (Å²) in [4.78, 5) is 0. The summed E-state index contributed by atoms with van der Waals surface area (Å²) >= 11 is 2.94. The molecule has 3 N–H and O–H groups in total. The lowest BCUT2D eigenvalue weighted by atomic mass is 10.0. The molecule has 1 aromatic rings. The van der Waals surface area contributed by atoms with Gasteiger partial charge in [0.2, 0.25) is 0 Å². The summed E-state index contributed by atoms with van der Waals surface area (Å²) in [5.74, 6) is -1.39. The zero-order chi connectivity index (χ0) is 10.7. The zero-order valence-corrected chi connectivity index (χ0v) is 10.1. The van der Waals surface area contributed by atoms with Gasteiger partial charge >= 0.3 is 0 Å². The van der Waals surface area contributed by atoms with Gasteiger partial charge in [-0.2, -0.15) is 0 Å². The molecular weight excluding hydrogens is 291 g/mol. The summed E-state index contributed by atoms with van der Waals surface area (Å²) in [6.45, 7) is -0.202. The van der Waals surface area contributed by atoms with Crippen molar-refractivity contribution in [3.05, 3.63) is 33.8 Å². The molecule has 0 saturated heterocycles. The van der Waals surface area contributed by atoms with Gasteiger partial charge in [-0.1, -0.05) is 0 Å². The number of hydrogen-bond donors (Lipinski definition) is 2. The summed E-state index contributed by atoms with van der Waals surface area (Å²) in [5, 5.41) is 8.61. The molecule has 0 amide bonds. The summed E-state index contributed by atoms with van der Waals surface area (Å²) < 4.78 is 26.7. The molecule has 1 aromatic carbocycles. The molecule has 0 heterocycles. The fourth-order valence-electron chi connectivity index (χ4n) is 1.17. The molecule has 0 fully saturated rings. The lowest BCUT2D eigenvalue weighted by Crippen LogP contribution is -2.15. The van der Waals surface area contributed by atoms with E-state index in [1.54, 1.807) is 0 Å². The topological polar surface area (TPSA) is 46.2 Å². The number of hydrogen-bond acceptors (Lipinski definition) is 2. The van der Waals surface area contributed by atoms with Gasteiger partial charge in [-0.05, 0) is 34.5 Å². The average molecular weight is 303 g/mol. The van der Waals surface area contributed by atoms with Crippen LogP contribution in [0.2, 0.25) is 0 Å². The first-order valence-corrected chi connectivity index (χ1v) is 4.87. The third-order valence-corrected chi connectivity index (χ3v) is 2.50. The fraction of sp³-hybridized carbons (Fsp3) is 0.333. The van der Waals surface area contributed by atoms with Gasteiger partial charge in [0.1, 0.15) is 11.6 Å². The molecule has 0 aromatic heterocycles. The molecule has 86 valence electrons. The van der Waals surface area contributed by atoms with Gasteiger partial charge in [-0.3, -0.25) is 0 Å². The Morgan fingerprint density at radius 1 is 1.40 bits per heavy atom. The molecule has 1 rings (SSSR count). The van der Waals surface area contributed by atoms with E-state index in [1.807, 2.05) is 0 Å². The van der Waals surface area contributed by atoms with Crippen LogP contribution in [0, 0.1) is 11.6 Å². The maximum Gasteiger partial charge on any atom is 0.145 e. The first kappa shape index (κ1) is 14.8. The van der Waals surface area contributed by atoms with Crippen LogP contribution in [-0.2, 0) is 0 Å². The first-order valence-electron chi connectivity index (χ1n) is 4.07. The van der Waals surface area contributed by atoms with Gasteiger partial charge in [0.25, 0.3) is 0 Å². The molecule has 0 aliphatic carbocycles. The second kappa shape index (κ2) is 6.37. The average Bonchev–Trinajstić information content (AvgIpc) is 2.13. The normalized spacial score (nSPS) is 12.1. The lowest BCUT2D eigenvalue weighted by Gasteiger charge is -2.13. The van der Waals surface area contributed by atoms with Gasteiger partial charge in [0, 0.05) is 18.2 Å². The maximum absolute atomic E-state index is 13.4. The Balaban J connectivity index is 0.00000196. The van der Waals surface area contributed by atoms with Crippen LogP contribution in [0.25, 0.3) is 0 Å². The van der Waals surface area contributed by atoms with Crippen molar-refractivity contribution in [2.75, 3.05) is 6.61 Å². The van der Waals surface area contributed by atoms with Crippen LogP contribution in [-0.4, -0.2) is 11.7 Å². The maximum atomic E-state index is 13.4. The number of halogens is 4. The van der Waals surface area contributed by atoms with Crippen LogP contribution in [0.5, 0.6) is 0 Å². The van der Waals surface area contributed by atoms with Crippen molar-refractivity contribution in [2.45, 2.75) is 12.5 Å². The molecule has 0 bridgehead atoms. The second-order valence-corrected chi connectivity index (χ2v) is 3.73. The van der Waals surface area contributed by atoms with E-state index in [0.717, 1.165) is 6.07 Å². The van der Waals surface area contributed by atoms with Gasteiger partial charge in [-0.15, -0.1) is 12.4 Å². The fourth-order valence-corrected chi connectivity index (χ4v) is 1.51. The first-order chi connectivity index (χ1) is 6.57. The second-order valence-electron chi connectivity index (χ2n) is 2.88. The summed E-state index contributed by atoms with van der Waals surface area (Å²) in [6.07, 6.45) is 0.129. The van der Waals surface area contributed by atoms with E-state index >= 15 is 0 Å². The minimum atomic E-state index is -0.822. The lowest BCUT2D eigenvalue weighted by molar-refractivity contribution is 0.274. The van der Waals surface area contributed by atoms with E-state index in [-0.39, 0.29) is 35.5 Å². The predicted molar refractivity (Wildman–Crippen MR) is 59.9 cm³/mol. The SMILES string of the molecule is Cl.N[C@@H](CCO)c1c(F)ccc(Br)c1F. The van der Waals surface area contributed by atoms with Gasteiger partial charge in [0.15, 0.2) is 0 Å². The van der Waals surface area contributed by atoms with Crippen LogP contribution in [0.4, 0.5) is 8.78 Å². The van der Waals surface area contributed by atoms with Crippen molar-refractivity contribution in [3.8, 4) is 0 Å². The van der Waals surface area contributed by atoms with Gasteiger partial charge in [0.05, 0.1) is 4.47 Å². The zero-order valence-electron chi connectivity index (χ0n) is 7.71. The minimum Gasteiger partial charge on any atom is -0.396 e. The minimum absolute atomic E-state index is 0. The Labute approximate surface area is 101 Å². The number of benzene rings is 1. The third kappa shape index (κ3) is 3.38. The van der Waals surface area contributed by atoms with Crippen LogP contribution in [0.15, 0.2) is 16.6 Å². The molecule has 0 spiro atoms. The van der Waals surface area contributed by atoms with Crippen molar-refractivity contribution in [2.24, 2.45) is 5.73 Å². The van der Waals surface area contributed by atoms with Crippen LogP contribution in [0.1, 0.15) is 18.0 Å². The predicted octanol–water partition coefficient (Wildman–Crippen LogP) is 2.53. The Bertz CT molecular complexity index is 338. The molecule has 15 heavy (non-hydrogen) atoms. The smallest absolute Gasteiger partial charge is 0.145 e. The van der Waals surface area contributed by atoms with Crippen LogP contribution < -0.4 is 5.73 Å². The van der Waals surface area contributed by atoms with Crippen LogP contribution in [0.3, 0.4) is 0 Å². The van der Waals surface area contributed by atoms with Crippen molar-refractivity contribution in [1.82, 2.24) is 0 Å². The van der Waals surface area contributed by atoms with E-state index in [4.69, 9.17) is 10.8 Å². The molecule has 0 radical (unpaired) electrons. The monoisotopic (exact) mass is 301 g/mol. The van der Waals surface area contributed by atoms with Crippen molar-refractivity contribution in [3.63, 3.8) is 0 Å². The largest absolute Gasteiger partial charge is 0.396 e. The quantitative estimate of drug-likeness (QED) is 0.843. The van der Waals surface area contributed by atoms with Crippen molar-refractivity contribution >= 4 is 28.3 Å². The molecule has 1 atom stereocenters. The number of aliphatic hydroxyl groups is 1. The standard InChI is InChI=1S/C9H10BrF2NO.ClH/c10-5-1-2-6(11)8(9(5)12)7(13)3-4-14;/h1-2,7,14H,3-4,13H2;1H/t7-;/m0./s1. The highest BCUT2D eigenvalue weighted by Gasteiger charge is 2.18. The Morgan fingerprint density at radius 3 is 2.53 bits per heavy atom. The summed E-state index contributed by atoms with van der Waals surface area (Å²) in [7, 11) is 0. The molecule has 0 unspecified atom stereocenters. The summed E-state index contributed by atoms with van der Waals surface area (Å²) in [6, 6.07) is 1.59. The summed E-state index contributed by atoms with van der Waals surface area (Å²) in [5.41, 5.74) is 5.33. The molecule has 0 aliphatic heterocycles. The Morgan fingerprint density at radius 2 is 2.00 bits per heavy atom.